The van der Waals surface area contributed by atoms with Crippen LogP contribution in [0, 0.1) is 0 Å². The number of sulfonamides is 1. The third kappa shape index (κ3) is 4.02. The average molecular weight is 446 g/mol. The quantitative estimate of drug-likeness (QED) is 0.683. The molecule has 0 aromatic heterocycles. The zero-order chi connectivity index (χ0) is 18.9. The maximum Gasteiger partial charge on any atom is 0.311 e. The van der Waals surface area contributed by atoms with Gasteiger partial charge in [0, 0.05) is 36.7 Å². The second-order valence-corrected chi connectivity index (χ2v) is 9.06. The van der Waals surface area contributed by atoms with Gasteiger partial charge in [0.25, 0.3) is 0 Å². The fraction of sp³-hybridized carbons (Fsp3) is 0.500. The molecule has 2 aliphatic rings. The smallest absolute Gasteiger partial charge is 0.311 e. The first-order valence-corrected chi connectivity index (χ1v) is 10.5. The van der Waals surface area contributed by atoms with Gasteiger partial charge < -0.3 is 15.0 Å². The van der Waals surface area contributed by atoms with Crippen molar-refractivity contribution in [2.24, 2.45) is 0 Å². The largest absolute Gasteiger partial charge is 0.495 e. The van der Waals surface area contributed by atoms with E-state index in [2.05, 4.69) is 21.2 Å². The van der Waals surface area contributed by atoms with Gasteiger partial charge in [-0.25, -0.2) is 8.42 Å². The van der Waals surface area contributed by atoms with E-state index >= 15 is 0 Å². The predicted octanol–water partition coefficient (Wildman–Crippen LogP) is 0.569. The van der Waals surface area contributed by atoms with Gasteiger partial charge >= 0.3 is 11.8 Å². The van der Waals surface area contributed by atoms with Crippen molar-refractivity contribution in [3.63, 3.8) is 0 Å². The lowest BCUT2D eigenvalue weighted by Gasteiger charge is -2.33. The molecule has 142 valence electrons. The topological polar surface area (TPSA) is 96.0 Å². The molecule has 0 radical (unpaired) electrons. The van der Waals surface area contributed by atoms with Crippen LogP contribution in [-0.2, 0) is 19.6 Å². The molecule has 0 atom stereocenters. The summed E-state index contributed by atoms with van der Waals surface area (Å²) in [5.74, 6) is -0.957. The third-order valence-corrected chi connectivity index (χ3v) is 6.79. The highest BCUT2D eigenvalue weighted by atomic mass is 79.9. The van der Waals surface area contributed by atoms with Crippen LogP contribution in [0.5, 0.6) is 5.75 Å². The van der Waals surface area contributed by atoms with Gasteiger partial charge in [-0.1, -0.05) is 15.9 Å². The SMILES string of the molecule is COc1ccc(Br)cc1S(=O)(=O)N1CCN(C(=O)C(=O)NC2CC2)CC1. The molecule has 1 N–H and O–H groups in total. The molecule has 1 aromatic carbocycles. The fourth-order valence-electron chi connectivity index (χ4n) is 2.74. The van der Waals surface area contributed by atoms with Crippen LogP contribution in [0.1, 0.15) is 12.8 Å². The highest BCUT2D eigenvalue weighted by Crippen LogP contribution is 2.30. The van der Waals surface area contributed by atoms with Crippen LogP contribution in [-0.4, -0.2) is 68.8 Å². The minimum atomic E-state index is -3.77. The summed E-state index contributed by atoms with van der Waals surface area (Å²) >= 11 is 3.28. The van der Waals surface area contributed by atoms with Crippen molar-refractivity contribution in [1.29, 1.82) is 0 Å². The maximum atomic E-state index is 12.9. The van der Waals surface area contributed by atoms with Crippen LogP contribution in [0.2, 0.25) is 0 Å². The molecule has 0 bridgehead atoms. The number of piperazine rings is 1. The van der Waals surface area contributed by atoms with Gasteiger partial charge in [0.1, 0.15) is 10.6 Å². The number of hydrogen-bond acceptors (Lipinski definition) is 5. The van der Waals surface area contributed by atoms with Gasteiger partial charge in [-0.2, -0.15) is 4.31 Å². The Hall–Kier alpha value is -1.65. The zero-order valence-electron chi connectivity index (χ0n) is 14.3. The lowest BCUT2D eigenvalue weighted by molar-refractivity contribution is -0.146. The van der Waals surface area contributed by atoms with E-state index in [-0.39, 0.29) is 42.9 Å². The van der Waals surface area contributed by atoms with Crippen molar-refractivity contribution in [2.75, 3.05) is 33.3 Å². The van der Waals surface area contributed by atoms with Gasteiger partial charge in [-0.3, -0.25) is 9.59 Å². The number of amides is 2. The minimum absolute atomic E-state index is 0.0700. The molecule has 1 saturated carbocycles. The molecular weight excluding hydrogens is 426 g/mol. The molecule has 1 aliphatic carbocycles. The van der Waals surface area contributed by atoms with Gasteiger partial charge in [-0.05, 0) is 31.0 Å². The number of nitrogens with zero attached hydrogens (tertiary/aromatic N) is 2. The van der Waals surface area contributed by atoms with Gasteiger partial charge in [0.2, 0.25) is 10.0 Å². The second-order valence-electron chi connectivity index (χ2n) is 6.24. The van der Waals surface area contributed by atoms with E-state index in [1.807, 2.05) is 0 Å². The van der Waals surface area contributed by atoms with Gasteiger partial charge in [-0.15, -0.1) is 0 Å². The predicted molar refractivity (Wildman–Crippen MR) is 97.2 cm³/mol. The first-order valence-electron chi connectivity index (χ1n) is 8.26. The number of carbonyl (C=O) groups excluding carboxylic acids is 2. The van der Waals surface area contributed by atoms with Gasteiger partial charge in [0.15, 0.2) is 0 Å². The molecule has 2 fully saturated rings. The van der Waals surface area contributed by atoms with E-state index in [4.69, 9.17) is 4.74 Å². The summed E-state index contributed by atoms with van der Waals surface area (Å²) < 4.78 is 33.0. The van der Waals surface area contributed by atoms with Crippen molar-refractivity contribution in [1.82, 2.24) is 14.5 Å². The van der Waals surface area contributed by atoms with Crippen molar-refractivity contribution in [3.8, 4) is 5.75 Å². The molecule has 1 aromatic rings. The van der Waals surface area contributed by atoms with E-state index in [1.54, 1.807) is 12.1 Å². The molecule has 0 spiro atoms. The summed E-state index contributed by atoms with van der Waals surface area (Å²) in [6.07, 6.45) is 1.80. The number of benzene rings is 1. The Bertz CT molecular complexity index is 817. The average Bonchev–Trinajstić information content (AvgIpc) is 3.45. The Morgan fingerprint density at radius 1 is 1.19 bits per heavy atom. The Morgan fingerprint density at radius 2 is 1.85 bits per heavy atom. The highest BCUT2D eigenvalue weighted by Gasteiger charge is 2.35. The van der Waals surface area contributed by atoms with E-state index in [0.717, 1.165) is 12.8 Å². The first-order chi connectivity index (χ1) is 12.3. The lowest BCUT2D eigenvalue weighted by Crippen LogP contribution is -2.54. The number of hydrogen-bond donors (Lipinski definition) is 1. The maximum absolute atomic E-state index is 12.9. The standard InChI is InChI=1S/C16H20BrN3O5S/c1-25-13-5-2-11(17)10-14(13)26(23,24)20-8-6-19(7-9-20)16(22)15(21)18-12-3-4-12/h2,5,10,12H,3-4,6-9H2,1H3,(H,18,21). The van der Waals surface area contributed by atoms with E-state index in [0.29, 0.717) is 4.47 Å². The number of methoxy groups -OCH3 is 1. The first kappa shape index (κ1) is 19.1. The Morgan fingerprint density at radius 3 is 2.42 bits per heavy atom. The monoisotopic (exact) mass is 445 g/mol. The van der Waals surface area contributed by atoms with Crippen LogP contribution in [0.4, 0.5) is 0 Å². The molecule has 26 heavy (non-hydrogen) atoms. The van der Waals surface area contributed by atoms with Crippen molar-refractivity contribution in [3.05, 3.63) is 22.7 Å². The number of nitrogens with one attached hydrogen (secondary N) is 1. The molecule has 3 rings (SSSR count). The van der Waals surface area contributed by atoms with Gasteiger partial charge in [0.05, 0.1) is 7.11 Å². The lowest BCUT2D eigenvalue weighted by atomic mass is 10.3. The summed E-state index contributed by atoms with van der Waals surface area (Å²) in [6.45, 7) is 0.597. The highest BCUT2D eigenvalue weighted by molar-refractivity contribution is 9.10. The fourth-order valence-corrected chi connectivity index (χ4v) is 4.86. The van der Waals surface area contributed by atoms with Crippen molar-refractivity contribution >= 4 is 37.8 Å². The molecule has 8 nitrogen and oxygen atoms in total. The van der Waals surface area contributed by atoms with Crippen LogP contribution in [0.15, 0.2) is 27.6 Å². The summed E-state index contributed by atoms with van der Waals surface area (Å²) in [5, 5.41) is 2.66. The minimum Gasteiger partial charge on any atom is -0.495 e. The molecule has 0 unspecified atom stereocenters. The van der Waals surface area contributed by atoms with Crippen LogP contribution in [0.25, 0.3) is 0 Å². The number of ether oxygens (including phenoxy) is 1. The Balaban J connectivity index is 1.68. The normalized spacial score (nSPS) is 18.5. The molecular formula is C16H20BrN3O5S. The van der Waals surface area contributed by atoms with E-state index in [1.165, 1.54) is 22.4 Å². The van der Waals surface area contributed by atoms with E-state index in [9.17, 15) is 18.0 Å². The summed E-state index contributed by atoms with van der Waals surface area (Å²) in [5.41, 5.74) is 0. The van der Waals surface area contributed by atoms with Crippen LogP contribution in [0.3, 0.4) is 0 Å². The summed E-state index contributed by atoms with van der Waals surface area (Å²) in [4.78, 5) is 25.5. The molecule has 2 amide bonds. The van der Waals surface area contributed by atoms with Crippen molar-refractivity contribution < 1.29 is 22.7 Å². The second kappa shape index (κ2) is 7.53. The summed E-state index contributed by atoms with van der Waals surface area (Å²) in [7, 11) is -2.35. The molecule has 1 saturated heterocycles. The number of rotatable bonds is 4. The summed E-state index contributed by atoms with van der Waals surface area (Å²) in [6, 6.07) is 4.89. The molecule has 1 heterocycles. The van der Waals surface area contributed by atoms with E-state index < -0.39 is 21.8 Å². The molecule has 1 aliphatic heterocycles. The van der Waals surface area contributed by atoms with Crippen LogP contribution < -0.4 is 10.1 Å². The third-order valence-electron chi connectivity index (χ3n) is 4.38. The number of halogens is 1. The Labute approximate surface area is 160 Å². The zero-order valence-corrected chi connectivity index (χ0v) is 16.7. The van der Waals surface area contributed by atoms with Crippen molar-refractivity contribution in [2.45, 2.75) is 23.8 Å². The Kier molecular flexibility index (Phi) is 5.54. The van der Waals surface area contributed by atoms with Crippen LogP contribution >= 0.6 is 15.9 Å². The molecule has 10 heteroatoms. The number of carbonyl (C=O) groups is 2.